The molecule has 3 fully saturated rings. The van der Waals surface area contributed by atoms with Gasteiger partial charge in [-0.05, 0) is 25.0 Å². The topological polar surface area (TPSA) is 123 Å². The van der Waals surface area contributed by atoms with Crippen LogP contribution in [0.3, 0.4) is 0 Å². The molecule has 3 aliphatic heterocycles. The zero-order valence-corrected chi connectivity index (χ0v) is 19.1. The fourth-order valence-corrected chi connectivity index (χ4v) is 4.72. The number of halogens is 3. The van der Waals surface area contributed by atoms with Crippen LogP contribution in [0, 0.1) is 17.2 Å². The van der Waals surface area contributed by atoms with Crippen molar-refractivity contribution in [3.05, 3.63) is 23.9 Å². The van der Waals surface area contributed by atoms with E-state index < -0.39 is 24.1 Å². The summed E-state index contributed by atoms with van der Waals surface area (Å²) in [4.78, 5) is 32.6. The Morgan fingerprint density at radius 3 is 2.60 bits per heavy atom. The van der Waals surface area contributed by atoms with Gasteiger partial charge >= 0.3 is 6.18 Å². The lowest BCUT2D eigenvalue weighted by Crippen LogP contribution is -2.60. The molecular weight excluding hydrogens is 467 g/mol. The van der Waals surface area contributed by atoms with Gasteiger partial charge in [0, 0.05) is 57.4 Å². The Morgan fingerprint density at radius 2 is 1.94 bits per heavy atom. The van der Waals surface area contributed by atoms with E-state index in [0.29, 0.717) is 44.6 Å². The maximum atomic E-state index is 13.2. The van der Waals surface area contributed by atoms with Crippen molar-refractivity contribution in [1.29, 1.82) is 5.26 Å². The molecule has 3 saturated heterocycles. The highest BCUT2D eigenvalue weighted by Gasteiger charge is 2.52. The predicted molar refractivity (Wildman–Crippen MR) is 118 cm³/mol. The highest BCUT2D eigenvalue weighted by molar-refractivity contribution is 5.80. The smallest absolute Gasteiger partial charge is 0.374 e. The number of amides is 2. The average Bonchev–Trinajstić information content (AvgIpc) is 3.29. The number of anilines is 1. The lowest BCUT2D eigenvalue weighted by Gasteiger charge is -2.36. The van der Waals surface area contributed by atoms with Crippen LogP contribution in [0.2, 0.25) is 0 Å². The molecule has 35 heavy (non-hydrogen) atoms. The molecule has 1 aromatic rings. The molecular formula is C22H28F3N7O3. The monoisotopic (exact) mass is 495 g/mol. The van der Waals surface area contributed by atoms with Crippen LogP contribution in [-0.4, -0.2) is 85.4 Å². The Labute approximate surface area is 200 Å². The number of alkyl halides is 3. The molecule has 0 aliphatic carbocycles. The van der Waals surface area contributed by atoms with Crippen LogP contribution < -0.4 is 21.1 Å². The molecule has 1 aromatic heterocycles. The summed E-state index contributed by atoms with van der Waals surface area (Å²) in [5.41, 5.74) is 4.94. The van der Waals surface area contributed by atoms with E-state index in [2.05, 4.69) is 20.6 Å². The van der Waals surface area contributed by atoms with E-state index in [4.69, 9.17) is 10.00 Å². The molecule has 4 rings (SSSR count). The van der Waals surface area contributed by atoms with Gasteiger partial charge < -0.3 is 19.9 Å². The number of carbonyl (C=O) groups is 2. The molecule has 4 atom stereocenters. The summed E-state index contributed by atoms with van der Waals surface area (Å²) in [7, 11) is 0. The number of hydrazine groups is 1. The van der Waals surface area contributed by atoms with Crippen molar-refractivity contribution in [3.63, 3.8) is 0 Å². The summed E-state index contributed by atoms with van der Waals surface area (Å²) in [5.74, 6) is -2.55. The van der Waals surface area contributed by atoms with Crippen molar-refractivity contribution in [3.8, 4) is 6.07 Å². The third kappa shape index (κ3) is 6.19. The largest absolute Gasteiger partial charge is 0.403 e. The third-order valence-corrected chi connectivity index (χ3v) is 6.62. The number of hydrogen-bond donors (Lipinski definition) is 3. The lowest BCUT2D eigenvalue weighted by atomic mass is 9.99. The second kappa shape index (κ2) is 10.8. The van der Waals surface area contributed by atoms with Crippen molar-refractivity contribution < 1.29 is 27.5 Å². The number of nitrogens with zero attached hydrogens (tertiary/aromatic N) is 4. The number of carbonyl (C=O) groups excluding carboxylic acids is 2. The van der Waals surface area contributed by atoms with Gasteiger partial charge in [-0.3, -0.25) is 15.0 Å². The first kappa shape index (κ1) is 25.2. The molecule has 3 N–H and O–H groups in total. The lowest BCUT2D eigenvalue weighted by molar-refractivity contribution is -0.213. The zero-order valence-electron chi connectivity index (χ0n) is 19.1. The first-order valence-corrected chi connectivity index (χ1v) is 11.6. The van der Waals surface area contributed by atoms with Crippen LogP contribution >= 0.6 is 0 Å². The van der Waals surface area contributed by atoms with Crippen LogP contribution in [0.4, 0.5) is 19.0 Å². The van der Waals surface area contributed by atoms with Gasteiger partial charge in [0.15, 0.2) is 5.92 Å². The predicted octanol–water partition coefficient (Wildman–Crippen LogP) is 0.311. The normalized spacial score (nSPS) is 27.4. The molecule has 0 spiro atoms. The van der Waals surface area contributed by atoms with Crippen LogP contribution in [0.5, 0.6) is 0 Å². The number of aromatic nitrogens is 1. The number of hydrogen-bond acceptors (Lipinski definition) is 8. The first-order valence-electron chi connectivity index (χ1n) is 11.6. The Bertz CT molecular complexity index is 945. The Hall–Kier alpha value is -2.95. The van der Waals surface area contributed by atoms with Gasteiger partial charge in [-0.1, -0.05) is 0 Å². The fourth-order valence-electron chi connectivity index (χ4n) is 4.72. The van der Waals surface area contributed by atoms with E-state index in [9.17, 15) is 22.8 Å². The van der Waals surface area contributed by atoms with Gasteiger partial charge in [0.25, 0.3) is 0 Å². The Morgan fingerprint density at radius 1 is 1.20 bits per heavy atom. The summed E-state index contributed by atoms with van der Waals surface area (Å²) in [6.07, 6.45) is -2.74. The van der Waals surface area contributed by atoms with Crippen molar-refractivity contribution in [1.82, 2.24) is 26.1 Å². The van der Waals surface area contributed by atoms with E-state index in [1.54, 1.807) is 12.1 Å². The summed E-state index contributed by atoms with van der Waals surface area (Å²) in [6.45, 7) is 2.32. The van der Waals surface area contributed by atoms with Crippen LogP contribution in [0.25, 0.3) is 0 Å². The molecule has 3 aliphatic rings. The summed E-state index contributed by atoms with van der Waals surface area (Å²) in [6, 6.07) is 5.31. The van der Waals surface area contributed by atoms with Crippen LogP contribution in [0.1, 0.15) is 24.8 Å². The Kier molecular flexibility index (Phi) is 7.73. The van der Waals surface area contributed by atoms with Crippen LogP contribution in [-0.2, 0) is 14.3 Å². The molecule has 2 amide bonds. The summed E-state index contributed by atoms with van der Waals surface area (Å²) >= 11 is 0. The molecule has 190 valence electrons. The zero-order chi connectivity index (χ0) is 25.0. The number of piperazine rings is 1. The molecule has 10 nitrogen and oxygen atoms in total. The van der Waals surface area contributed by atoms with Crippen molar-refractivity contribution >= 4 is 17.6 Å². The number of ether oxygens (including phenoxy) is 1. The van der Waals surface area contributed by atoms with Gasteiger partial charge in [0.05, 0.1) is 18.3 Å². The summed E-state index contributed by atoms with van der Waals surface area (Å²) in [5, 5.41) is 12.2. The molecule has 13 heteroatoms. The van der Waals surface area contributed by atoms with Gasteiger partial charge in [-0.15, -0.1) is 0 Å². The number of rotatable bonds is 6. The van der Waals surface area contributed by atoms with Crippen molar-refractivity contribution in [2.24, 2.45) is 5.92 Å². The number of pyridine rings is 1. The summed E-state index contributed by atoms with van der Waals surface area (Å²) < 4.78 is 45.2. The minimum Gasteiger partial charge on any atom is -0.374 e. The highest BCUT2D eigenvalue weighted by Crippen LogP contribution is 2.32. The van der Waals surface area contributed by atoms with Gasteiger partial charge in [0.2, 0.25) is 11.8 Å². The minimum absolute atomic E-state index is 0.0294. The Balaban J connectivity index is 1.19. The quantitative estimate of drug-likeness (QED) is 0.516. The van der Waals surface area contributed by atoms with E-state index >= 15 is 0 Å². The van der Waals surface area contributed by atoms with E-state index in [1.165, 1.54) is 6.20 Å². The van der Waals surface area contributed by atoms with Crippen LogP contribution in [0.15, 0.2) is 18.3 Å². The van der Waals surface area contributed by atoms with Crippen molar-refractivity contribution in [2.45, 2.75) is 43.6 Å². The molecule has 2 unspecified atom stereocenters. The fraction of sp³-hybridized carbons (Fsp3) is 0.636. The maximum absolute atomic E-state index is 13.2. The molecule has 0 aromatic carbocycles. The molecule has 4 heterocycles. The van der Waals surface area contributed by atoms with Crippen molar-refractivity contribution in [2.75, 3.05) is 44.2 Å². The standard InChI is InChI=1S/C22H28F3N7O3/c23-22(24,25)20-17(12-28-30-21(20)34)35-13-16-3-2-15(29-16)9-19(33)32-7-5-31(6-8-32)18-4-1-14(10-26)11-27-18/h1,4,11,15-17,20,28-29H,2-3,5-9,12-13H2,(H,30,34)/t15-,16-,17?,20?/m1/s1. The van der Waals surface area contributed by atoms with E-state index in [1.807, 2.05) is 16.4 Å². The third-order valence-electron chi connectivity index (χ3n) is 6.62. The average molecular weight is 496 g/mol. The second-order valence-corrected chi connectivity index (χ2v) is 8.99. The van der Waals surface area contributed by atoms with E-state index in [0.717, 1.165) is 12.2 Å². The number of nitriles is 1. The van der Waals surface area contributed by atoms with Gasteiger partial charge in [0.1, 0.15) is 11.9 Å². The first-order chi connectivity index (χ1) is 16.7. The van der Waals surface area contributed by atoms with E-state index in [-0.39, 0.29) is 31.1 Å². The van der Waals surface area contributed by atoms with Gasteiger partial charge in [-0.2, -0.15) is 18.4 Å². The second-order valence-electron chi connectivity index (χ2n) is 8.99. The highest BCUT2D eigenvalue weighted by atomic mass is 19.4. The molecule has 0 radical (unpaired) electrons. The van der Waals surface area contributed by atoms with Gasteiger partial charge in [-0.25, -0.2) is 10.4 Å². The maximum Gasteiger partial charge on any atom is 0.403 e. The minimum atomic E-state index is -4.69. The molecule has 0 saturated carbocycles. The molecule has 0 bridgehead atoms. The SMILES string of the molecule is N#Cc1ccc(N2CCN(C(=O)C[C@H]3CC[C@H](COC4CNNC(=O)C4C(F)(F)F)N3)CC2)nc1. The number of nitrogens with one attached hydrogen (secondary N) is 3.